The van der Waals surface area contributed by atoms with Crippen LogP contribution >= 0.6 is 27.3 Å². The van der Waals surface area contributed by atoms with Crippen LogP contribution in [0.5, 0.6) is 0 Å². The number of hydrogen-bond donors (Lipinski definition) is 1. The highest BCUT2D eigenvalue weighted by molar-refractivity contribution is 9.11. The highest BCUT2D eigenvalue weighted by Gasteiger charge is 2.07. The molecule has 0 amide bonds. The molecule has 4 heteroatoms. The van der Waals surface area contributed by atoms with Crippen LogP contribution in [0.1, 0.15) is 11.1 Å². The van der Waals surface area contributed by atoms with E-state index in [-0.39, 0.29) is 6.61 Å². The van der Waals surface area contributed by atoms with Gasteiger partial charge in [0, 0.05) is 19.6 Å². The van der Waals surface area contributed by atoms with E-state index in [4.69, 9.17) is 5.11 Å². The first-order valence-corrected chi connectivity index (χ1v) is 7.55. The van der Waals surface area contributed by atoms with E-state index in [9.17, 15) is 0 Å². The van der Waals surface area contributed by atoms with Crippen molar-refractivity contribution in [2.24, 2.45) is 0 Å². The average molecular weight is 326 g/mol. The molecular weight excluding hydrogens is 310 g/mol. The second-order valence-electron chi connectivity index (χ2n) is 4.18. The number of aliphatic hydroxyl groups is 1. The second kappa shape index (κ2) is 7.04. The molecule has 1 heterocycles. The number of rotatable bonds is 6. The summed E-state index contributed by atoms with van der Waals surface area (Å²) in [7, 11) is 0. The zero-order valence-corrected chi connectivity index (χ0v) is 12.5. The van der Waals surface area contributed by atoms with Crippen molar-refractivity contribution < 1.29 is 5.11 Å². The summed E-state index contributed by atoms with van der Waals surface area (Å²) < 4.78 is 1.15. The predicted octanol–water partition coefficient (Wildman–Crippen LogP) is 3.51. The maximum atomic E-state index is 9.15. The Labute approximate surface area is 120 Å². The Balaban J connectivity index is 1.99. The largest absolute Gasteiger partial charge is 0.395 e. The third-order valence-electron chi connectivity index (χ3n) is 2.69. The molecule has 0 unspecified atom stereocenters. The standard InChI is InChI=1S/C14H16BrNOS/c15-14-8-13(11-18-14)10-16(6-7-17)9-12-4-2-1-3-5-12/h1-5,8,11,17H,6-7,9-10H2. The van der Waals surface area contributed by atoms with Gasteiger partial charge in [0.25, 0.3) is 0 Å². The quantitative estimate of drug-likeness (QED) is 0.878. The van der Waals surface area contributed by atoms with Crippen molar-refractivity contribution in [1.82, 2.24) is 4.90 Å². The summed E-state index contributed by atoms with van der Waals surface area (Å²) >= 11 is 5.18. The highest BCUT2D eigenvalue weighted by Crippen LogP contribution is 2.22. The number of hydrogen-bond acceptors (Lipinski definition) is 3. The average Bonchev–Trinajstić information content (AvgIpc) is 2.76. The summed E-state index contributed by atoms with van der Waals surface area (Å²) in [5, 5.41) is 11.3. The summed E-state index contributed by atoms with van der Waals surface area (Å²) in [6, 6.07) is 12.5. The van der Waals surface area contributed by atoms with Crippen LogP contribution in [0, 0.1) is 0 Å². The molecule has 1 aromatic heterocycles. The molecule has 0 saturated carbocycles. The van der Waals surface area contributed by atoms with E-state index >= 15 is 0 Å². The van der Waals surface area contributed by atoms with Gasteiger partial charge in [-0.3, -0.25) is 4.90 Å². The van der Waals surface area contributed by atoms with Crippen LogP contribution in [0.15, 0.2) is 45.6 Å². The fraction of sp³-hybridized carbons (Fsp3) is 0.286. The molecule has 1 N–H and O–H groups in total. The maximum Gasteiger partial charge on any atom is 0.0701 e. The summed E-state index contributed by atoms with van der Waals surface area (Å²) in [5.41, 5.74) is 2.57. The predicted molar refractivity (Wildman–Crippen MR) is 79.7 cm³/mol. The van der Waals surface area contributed by atoms with Crippen molar-refractivity contribution in [2.45, 2.75) is 13.1 Å². The molecule has 0 aliphatic rings. The number of aliphatic hydroxyl groups excluding tert-OH is 1. The van der Waals surface area contributed by atoms with Gasteiger partial charge in [0.2, 0.25) is 0 Å². The van der Waals surface area contributed by atoms with E-state index in [1.165, 1.54) is 11.1 Å². The summed E-state index contributed by atoms with van der Waals surface area (Å²) in [6.07, 6.45) is 0. The first-order valence-electron chi connectivity index (χ1n) is 5.88. The third-order valence-corrected chi connectivity index (χ3v) is 4.25. The Morgan fingerprint density at radius 1 is 1.11 bits per heavy atom. The Bertz CT molecular complexity index is 472. The molecule has 1 aromatic carbocycles. The van der Waals surface area contributed by atoms with E-state index in [0.717, 1.165) is 16.9 Å². The van der Waals surface area contributed by atoms with Crippen LogP contribution in [0.25, 0.3) is 0 Å². The maximum absolute atomic E-state index is 9.15. The molecule has 0 spiro atoms. The molecule has 0 atom stereocenters. The van der Waals surface area contributed by atoms with Crippen LogP contribution < -0.4 is 0 Å². The lowest BCUT2D eigenvalue weighted by molar-refractivity contribution is 0.184. The Kier molecular flexibility index (Phi) is 5.38. The lowest BCUT2D eigenvalue weighted by atomic mass is 10.2. The first kappa shape index (κ1) is 13.7. The normalized spacial score (nSPS) is 11.1. The van der Waals surface area contributed by atoms with Crippen LogP contribution in [-0.4, -0.2) is 23.2 Å². The Morgan fingerprint density at radius 2 is 1.83 bits per heavy atom. The minimum Gasteiger partial charge on any atom is -0.395 e. The number of halogens is 1. The molecule has 0 radical (unpaired) electrons. The van der Waals surface area contributed by atoms with E-state index < -0.39 is 0 Å². The first-order chi connectivity index (χ1) is 8.78. The van der Waals surface area contributed by atoms with E-state index in [1.54, 1.807) is 11.3 Å². The molecule has 0 fully saturated rings. The zero-order chi connectivity index (χ0) is 12.8. The molecule has 2 nitrogen and oxygen atoms in total. The molecule has 0 aliphatic carbocycles. The number of nitrogens with zero attached hydrogens (tertiary/aromatic N) is 1. The van der Waals surface area contributed by atoms with Crippen LogP contribution in [0.4, 0.5) is 0 Å². The lowest BCUT2D eigenvalue weighted by Gasteiger charge is -2.20. The van der Waals surface area contributed by atoms with Crippen molar-refractivity contribution in [3.8, 4) is 0 Å². The topological polar surface area (TPSA) is 23.5 Å². The van der Waals surface area contributed by atoms with Crippen LogP contribution in [0.2, 0.25) is 0 Å². The molecule has 18 heavy (non-hydrogen) atoms. The fourth-order valence-corrected chi connectivity index (χ4v) is 3.08. The van der Waals surface area contributed by atoms with E-state index in [0.29, 0.717) is 6.54 Å². The second-order valence-corrected chi connectivity index (χ2v) is 6.47. The summed E-state index contributed by atoms with van der Waals surface area (Å²) in [4.78, 5) is 2.25. The molecule has 2 aromatic rings. The van der Waals surface area contributed by atoms with Gasteiger partial charge in [-0.2, -0.15) is 0 Å². The van der Waals surface area contributed by atoms with E-state index in [1.807, 2.05) is 18.2 Å². The molecule has 0 bridgehead atoms. The minimum absolute atomic E-state index is 0.193. The molecular formula is C14H16BrNOS. The van der Waals surface area contributed by atoms with Crippen molar-refractivity contribution in [1.29, 1.82) is 0 Å². The van der Waals surface area contributed by atoms with Crippen molar-refractivity contribution in [3.63, 3.8) is 0 Å². The van der Waals surface area contributed by atoms with Crippen LogP contribution in [0.3, 0.4) is 0 Å². The van der Waals surface area contributed by atoms with Gasteiger partial charge in [-0.15, -0.1) is 11.3 Å². The van der Waals surface area contributed by atoms with E-state index in [2.05, 4.69) is 44.4 Å². The van der Waals surface area contributed by atoms with Gasteiger partial charge in [-0.1, -0.05) is 30.3 Å². The van der Waals surface area contributed by atoms with Crippen molar-refractivity contribution in [3.05, 3.63) is 56.7 Å². The minimum atomic E-state index is 0.193. The lowest BCUT2D eigenvalue weighted by Crippen LogP contribution is -2.25. The molecule has 2 rings (SSSR count). The van der Waals surface area contributed by atoms with Gasteiger partial charge in [0.05, 0.1) is 10.4 Å². The Hall–Kier alpha value is -0.680. The highest BCUT2D eigenvalue weighted by atomic mass is 79.9. The van der Waals surface area contributed by atoms with Crippen LogP contribution in [-0.2, 0) is 13.1 Å². The van der Waals surface area contributed by atoms with Gasteiger partial charge in [0.1, 0.15) is 0 Å². The van der Waals surface area contributed by atoms with Gasteiger partial charge in [-0.05, 0) is 38.5 Å². The smallest absolute Gasteiger partial charge is 0.0701 e. The molecule has 0 saturated heterocycles. The van der Waals surface area contributed by atoms with Gasteiger partial charge in [0.15, 0.2) is 0 Å². The fourth-order valence-electron chi connectivity index (χ4n) is 1.88. The number of thiophene rings is 1. The SMILES string of the molecule is OCCN(Cc1ccccc1)Cc1csc(Br)c1. The molecule has 0 aliphatic heterocycles. The van der Waals surface area contributed by atoms with Crippen molar-refractivity contribution >= 4 is 27.3 Å². The van der Waals surface area contributed by atoms with Crippen molar-refractivity contribution in [2.75, 3.05) is 13.2 Å². The Morgan fingerprint density at radius 3 is 2.44 bits per heavy atom. The monoisotopic (exact) mass is 325 g/mol. The molecule has 96 valence electrons. The third kappa shape index (κ3) is 4.21. The zero-order valence-electron chi connectivity index (χ0n) is 10.1. The van der Waals surface area contributed by atoms with Gasteiger partial charge >= 0.3 is 0 Å². The van der Waals surface area contributed by atoms with Gasteiger partial charge in [-0.25, -0.2) is 0 Å². The summed E-state index contributed by atoms with van der Waals surface area (Å²) in [6.45, 7) is 2.63. The number of benzene rings is 1. The van der Waals surface area contributed by atoms with Gasteiger partial charge < -0.3 is 5.11 Å². The summed E-state index contributed by atoms with van der Waals surface area (Å²) in [5.74, 6) is 0.